The van der Waals surface area contributed by atoms with Crippen LogP contribution in [0.15, 0.2) is 0 Å². The first-order chi connectivity index (χ1) is 28.9. The number of hydrogen-bond donors (Lipinski definition) is 2. The highest BCUT2D eigenvalue weighted by Crippen LogP contribution is 2.45. The minimum absolute atomic E-state index is 0.0668. The fourth-order valence-corrected chi connectivity index (χ4v) is 11.8. The molecule has 0 aromatic rings. The summed E-state index contributed by atoms with van der Waals surface area (Å²) in [5.41, 5.74) is -2.95. The van der Waals surface area contributed by atoms with Gasteiger partial charge in [0.1, 0.15) is 6.10 Å². The van der Waals surface area contributed by atoms with Gasteiger partial charge in [0.25, 0.3) is 0 Å². The summed E-state index contributed by atoms with van der Waals surface area (Å²) >= 11 is 0. The third-order valence-corrected chi connectivity index (χ3v) is 16.4. The molecular weight excluding hydrogens is 797 g/mol. The molecule has 2 radical (unpaired) electrons. The van der Waals surface area contributed by atoms with Gasteiger partial charge >= 0.3 is 0 Å². The number of hydroxylamine groups is 8. The average molecular weight is 895 g/mol. The second-order valence-electron chi connectivity index (χ2n) is 25.1. The Hall–Kier alpha value is -0.480. The quantitative estimate of drug-likeness (QED) is 0.0900. The van der Waals surface area contributed by atoms with Gasteiger partial charge in [0, 0.05) is 46.4 Å². The minimum atomic E-state index is -0.675. The fraction of sp³-hybridized carbons (Fsp3) is 1.00. The van der Waals surface area contributed by atoms with Crippen molar-refractivity contribution < 1.29 is 39.8 Å². The Morgan fingerprint density at radius 1 is 0.524 bits per heavy atom. The monoisotopic (exact) mass is 895 g/mol. The lowest BCUT2D eigenvalue weighted by Gasteiger charge is -2.55. The number of nitrogens with zero attached hydrogens (tertiary/aromatic N) is 4. The van der Waals surface area contributed by atoms with E-state index >= 15 is 0 Å². The number of unbranched alkanes of at least 4 members (excludes halogenated alkanes) is 4. The summed E-state index contributed by atoms with van der Waals surface area (Å²) in [5.74, 6) is 0.827. The molecule has 10 atom stereocenters. The van der Waals surface area contributed by atoms with Gasteiger partial charge in [0.15, 0.2) is 6.29 Å². The highest BCUT2D eigenvalue weighted by Gasteiger charge is 2.53. The van der Waals surface area contributed by atoms with Crippen LogP contribution in [0.4, 0.5) is 0 Å². The van der Waals surface area contributed by atoms with Gasteiger partial charge in [0.05, 0.1) is 30.0 Å². The molecule has 12 heteroatoms. The lowest BCUT2D eigenvalue weighted by Crippen LogP contribution is -2.64. The predicted octanol–water partition coefficient (Wildman–Crippen LogP) is 11.4. The van der Waals surface area contributed by atoms with Gasteiger partial charge in [-0.3, -0.25) is 0 Å². The van der Waals surface area contributed by atoms with Crippen molar-refractivity contribution in [2.24, 2.45) is 23.7 Å². The number of hydrogen-bond acceptors (Lipinski definition) is 10. The third-order valence-electron chi connectivity index (χ3n) is 16.4. The largest absolute Gasteiger partial charge is 0.378 e. The Labute approximate surface area is 385 Å². The zero-order chi connectivity index (χ0) is 47.7. The molecule has 0 aliphatic carbocycles. The molecule has 4 rings (SSSR count). The SMILES string of the molecule is CC(C)C1CC(OC(OC2CC(C(C)C)N(O)C(C)(C)C2)C(CCCCCCCOC2CC(C)(C)N([O])C(C)(C(C)C)C2)OC2CC(C)(C)N(O)C(C)(C(C)C)C2)CC(C)(C)N1[O]. The summed E-state index contributed by atoms with van der Waals surface area (Å²) in [6, 6.07) is -0.236. The summed E-state index contributed by atoms with van der Waals surface area (Å²) < 4.78 is 28.4. The highest BCUT2D eigenvalue weighted by atomic mass is 16.7. The Morgan fingerprint density at radius 3 is 1.56 bits per heavy atom. The molecule has 10 unspecified atom stereocenters. The van der Waals surface area contributed by atoms with Crippen LogP contribution in [0.3, 0.4) is 0 Å². The van der Waals surface area contributed by atoms with Crippen molar-refractivity contribution in [2.75, 3.05) is 6.61 Å². The van der Waals surface area contributed by atoms with Gasteiger partial charge in [-0.05, 0) is 157 Å². The molecule has 0 amide bonds. The topological polar surface area (TPSA) is 130 Å². The summed E-state index contributed by atoms with van der Waals surface area (Å²) in [6.07, 6.45) is 9.78. The molecule has 370 valence electrons. The van der Waals surface area contributed by atoms with Crippen LogP contribution in [-0.4, -0.2) is 119 Å². The second-order valence-corrected chi connectivity index (χ2v) is 25.1. The van der Waals surface area contributed by atoms with Crippen LogP contribution in [-0.2, 0) is 29.4 Å². The molecule has 2 N–H and O–H groups in total. The van der Waals surface area contributed by atoms with Crippen molar-refractivity contribution in [3.63, 3.8) is 0 Å². The Balaban J connectivity index is 1.55. The van der Waals surface area contributed by atoms with Gasteiger partial charge < -0.3 is 29.4 Å². The van der Waals surface area contributed by atoms with Crippen molar-refractivity contribution >= 4 is 0 Å². The van der Waals surface area contributed by atoms with Crippen LogP contribution in [0.2, 0.25) is 0 Å². The Bertz CT molecular complexity index is 1360. The fourth-order valence-electron chi connectivity index (χ4n) is 11.8. The van der Waals surface area contributed by atoms with Crippen molar-refractivity contribution in [1.29, 1.82) is 0 Å². The molecule has 4 heterocycles. The van der Waals surface area contributed by atoms with Gasteiger partial charge in [-0.25, -0.2) is 0 Å². The molecule has 4 fully saturated rings. The zero-order valence-electron chi connectivity index (χ0n) is 43.7. The maximum absolute atomic E-state index is 13.6. The average Bonchev–Trinajstić information content (AvgIpc) is 3.14. The normalized spacial score (nSPS) is 35.5. The van der Waals surface area contributed by atoms with E-state index in [1.54, 1.807) is 10.1 Å². The van der Waals surface area contributed by atoms with E-state index in [1.807, 2.05) is 27.7 Å². The van der Waals surface area contributed by atoms with Gasteiger partial charge in [-0.15, -0.1) is 20.5 Å². The van der Waals surface area contributed by atoms with Gasteiger partial charge in [-0.2, -0.15) is 10.1 Å². The summed E-state index contributed by atoms with van der Waals surface area (Å²) in [5, 5.41) is 55.5. The first-order valence-corrected chi connectivity index (χ1v) is 25.4. The maximum Gasteiger partial charge on any atom is 0.184 e. The zero-order valence-corrected chi connectivity index (χ0v) is 43.7. The van der Waals surface area contributed by atoms with Crippen LogP contribution >= 0.6 is 0 Å². The number of rotatable bonds is 20. The first-order valence-electron chi connectivity index (χ1n) is 25.4. The molecular formula is C51H98N4O8. The first kappa shape index (κ1) is 55.1. The van der Waals surface area contributed by atoms with Crippen molar-refractivity contribution in [3.05, 3.63) is 0 Å². The lowest BCUT2D eigenvalue weighted by atomic mass is 9.73. The van der Waals surface area contributed by atoms with E-state index in [4.69, 9.17) is 18.9 Å². The van der Waals surface area contributed by atoms with E-state index in [1.165, 1.54) is 10.1 Å². The molecule has 0 aromatic carbocycles. The minimum Gasteiger partial charge on any atom is -0.378 e. The Kier molecular flexibility index (Phi) is 18.8. The summed E-state index contributed by atoms with van der Waals surface area (Å²) in [4.78, 5) is 0. The smallest absolute Gasteiger partial charge is 0.184 e. The summed E-state index contributed by atoms with van der Waals surface area (Å²) in [7, 11) is 0. The van der Waals surface area contributed by atoms with Crippen LogP contribution in [0.1, 0.15) is 215 Å². The number of piperidine rings is 4. The summed E-state index contributed by atoms with van der Waals surface area (Å²) in [6.45, 7) is 38.7. The standard InChI is InChI=1S/C51H98N4O8/c1-34(2)42-26-38(28-46(9,10)52(42)56)62-45(63-39-27-43(35(3)4)53(57)47(11,12)29-39)44(61-41-31-49(15,16)55(59)51(18,33-41)37(7)8)24-22-20-19-21-23-25-60-40-30-48(13,14)54(58)50(17,32-40)36(5)6/h34-45,56,59H,19-33H2,1-18H3. The van der Waals surface area contributed by atoms with E-state index in [2.05, 4.69) is 96.9 Å². The van der Waals surface area contributed by atoms with Crippen LogP contribution < -0.4 is 0 Å². The van der Waals surface area contributed by atoms with Crippen LogP contribution in [0.25, 0.3) is 0 Å². The van der Waals surface area contributed by atoms with Crippen molar-refractivity contribution in [1.82, 2.24) is 20.3 Å². The molecule has 0 saturated carbocycles. The van der Waals surface area contributed by atoms with Crippen LogP contribution in [0, 0.1) is 23.7 Å². The molecule has 4 saturated heterocycles. The van der Waals surface area contributed by atoms with E-state index in [0.29, 0.717) is 45.1 Å². The molecule has 0 bridgehead atoms. The molecule has 0 spiro atoms. The van der Waals surface area contributed by atoms with Crippen LogP contribution in [0.5, 0.6) is 0 Å². The van der Waals surface area contributed by atoms with E-state index < -0.39 is 39.5 Å². The molecule has 4 aliphatic heterocycles. The van der Waals surface area contributed by atoms with Gasteiger partial charge in [0.2, 0.25) is 0 Å². The molecule has 12 nitrogen and oxygen atoms in total. The number of ether oxygens (including phenoxy) is 4. The lowest BCUT2D eigenvalue weighted by molar-refractivity contribution is -0.323. The highest BCUT2D eigenvalue weighted by molar-refractivity contribution is 5.03. The second kappa shape index (κ2) is 21.4. The predicted molar refractivity (Wildman–Crippen MR) is 249 cm³/mol. The van der Waals surface area contributed by atoms with Crippen molar-refractivity contribution in [2.45, 2.75) is 297 Å². The Morgan fingerprint density at radius 2 is 1.00 bits per heavy atom. The maximum atomic E-state index is 13.6. The molecule has 4 aliphatic rings. The van der Waals surface area contributed by atoms with Gasteiger partial charge in [-0.1, -0.05) is 81.1 Å². The molecule has 0 aromatic heterocycles. The molecule has 63 heavy (non-hydrogen) atoms. The van der Waals surface area contributed by atoms with Crippen molar-refractivity contribution in [3.8, 4) is 0 Å². The third kappa shape index (κ3) is 13.2. The van der Waals surface area contributed by atoms with E-state index in [-0.39, 0.29) is 66.3 Å². The van der Waals surface area contributed by atoms with E-state index in [0.717, 1.165) is 51.4 Å². The van der Waals surface area contributed by atoms with E-state index in [9.17, 15) is 20.8 Å².